The molecule has 0 radical (unpaired) electrons. The van der Waals surface area contributed by atoms with Crippen LogP contribution in [0.4, 0.5) is 10.1 Å². The molecule has 0 amide bonds. The molecule has 0 spiro atoms. The lowest BCUT2D eigenvalue weighted by Crippen LogP contribution is -2.46. The number of para-hydroxylation sites is 1. The van der Waals surface area contributed by atoms with Crippen molar-refractivity contribution >= 4 is 17.5 Å². The van der Waals surface area contributed by atoms with Gasteiger partial charge in [0.25, 0.3) is 0 Å². The van der Waals surface area contributed by atoms with Crippen molar-refractivity contribution in [1.82, 2.24) is 4.90 Å². The third kappa shape index (κ3) is 5.68. The van der Waals surface area contributed by atoms with Gasteiger partial charge < -0.3 is 4.90 Å². The van der Waals surface area contributed by atoms with Crippen LogP contribution in [0.1, 0.15) is 22.3 Å². The highest BCUT2D eigenvalue weighted by molar-refractivity contribution is 6.11. The Bertz CT molecular complexity index is 1010. The van der Waals surface area contributed by atoms with Gasteiger partial charge in [-0.1, -0.05) is 60.7 Å². The van der Waals surface area contributed by atoms with Gasteiger partial charge in [-0.25, -0.2) is 4.39 Å². The van der Waals surface area contributed by atoms with Gasteiger partial charge in [-0.3, -0.25) is 9.69 Å². The Kier molecular flexibility index (Phi) is 6.90. The molecule has 3 nitrogen and oxygen atoms in total. The zero-order valence-electron chi connectivity index (χ0n) is 17.6. The zero-order valence-corrected chi connectivity index (χ0v) is 17.6. The Morgan fingerprint density at radius 2 is 1.42 bits per heavy atom. The van der Waals surface area contributed by atoms with Crippen LogP contribution in [-0.4, -0.2) is 43.4 Å². The molecule has 158 valence electrons. The predicted octanol–water partition coefficient (Wildman–Crippen LogP) is 5.30. The van der Waals surface area contributed by atoms with E-state index in [4.69, 9.17) is 0 Å². The standard InChI is InChI=1S/C27H27FN2O/c28-25-13-11-22(12-14-25)21-24(27(31)23-7-3-1-4-8-23)15-16-29-17-19-30(20-18-29)26-9-5-2-6-10-26/h1-14,21H,15-20H2/b24-21-. The van der Waals surface area contributed by atoms with Crippen molar-refractivity contribution in [1.29, 1.82) is 0 Å². The van der Waals surface area contributed by atoms with Gasteiger partial charge in [0, 0.05) is 49.5 Å². The molecule has 1 heterocycles. The summed E-state index contributed by atoms with van der Waals surface area (Å²) in [4.78, 5) is 18.0. The number of anilines is 1. The van der Waals surface area contributed by atoms with Crippen LogP contribution in [0.2, 0.25) is 0 Å². The summed E-state index contributed by atoms with van der Waals surface area (Å²) in [6, 6.07) is 26.1. The smallest absolute Gasteiger partial charge is 0.189 e. The predicted molar refractivity (Wildman–Crippen MR) is 125 cm³/mol. The van der Waals surface area contributed by atoms with E-state index in [2.05, 4.69) is 34.1 Å². The van der Waals surface area contributed by atoms with Crippen LogP contribution in [-0.2, 0) is 0 Å². The second-order valence-corrected chi connectivity index (χ2v) is 7.83. The maximum absolute atomic E-state index is 13.3. The third-order valence-corrected chi connectivity index (χ3v) is 5.73. The first kappa shape index (κ1) is 21.0. The Balaban J connectivity index is 1.43. The Labute approximate surface area is 183 Å². The van der Waals surface area contributed by atoms with Crippen LogP contribution >= 0.6 is 0 Å². The van der Waals surface area contributed by atoms with Gasteiger partial charge >= 0.3 is 0 Å². The molecule has 0 aromatic heterocycles. The van der Waals surface area contributed by atoms with Crippen molar-refractivity contribution in [3.05, 3.63) is 107 Å². The molecule has 0 N–H and O–H groups in total. The summed E-state index contributed by atoms with van der Waals surface area (Å²) in [5.41, 5.74) is 3.54. The Morgan fingerprint density at radius 1 is 0.806 bits per heavy atom. The van der Waals surface area contributed by atoms with Crippen molar-refractivity contribution in [3.63, 3.8) is 0 Å². The highest BCUT2D eigenvalue weighted by Gasteiger charge is 2.19. The number of rotatable bonds is 7. The minimum atomic E-state index is -0.274. The molecule has 1 aliphatic heterocycles. The summed E-state index contributed by atoms with van der Waals surface area (Å²) in [7, 11) is 0. The molecule has 0 saturated carbocycles. The third-order valence-electron chi connectivity index (χ3n) is 5.73. The van der Waals surface area contributed by atoms with Gasteiger partial charge in [0.1, 0.15) is 5.82 Å². The molecule has 0 bridgehead atoms. The molecular weight excluding hydrogens is 387 g/mol. The summed E-state index contributed by atoms with van der Waals surface area (Å²) in [6.45, 7) is 4.73. The van der Waals surface area contributed by atoms with Gasteiger partial charge in [0.05, 0.1) is 0 Å². The number of nitrogens with zero attached hydrogens (tertiary/aromatic N) is 2. The van der Waals surface area contributed by atoms with E-state index >= 15 is 0 Å². The van der Waals surface area contributed by atoms with E-state index in [1.54, 1.807) is 12.1 Å². The number of Topliss-reactive ketones (excluding diaryl/α,β-unsaturated/α-hetero) is 1. The average molecular weight is 415 g/mol. The number of halogens is 1. The average Bonchev–Trinajstić information content (AvgIpc) is 2.84. The minimum Gasteiger partial charge on any atom is -0.369 e. The van der Waals surface area contributed by atoms with E-state index < -0.39 is 0 Å². The number of hydrogen-bond donors (Lipinski definition) is 0. The molecule has 0 aliphatic carbocycles. The zero-order chi connectivity index (χ0) is 21.5. The molecule has 1 saturated heterocycles. The largest absolute Gasteiger partial charge is 0.369 e. The lowest BCUT2D eigenvalue weighted by atomic mass is 9.98. The first-order valence-electron chi connectivity index (χ1n) is 10.8. The van der Waals surface area contributed by atoms with Crippen LogP contribution in [0.5, 0.6) is 0 Å². The van der Waals surface area contributed by atoms with Gasteiger partial charge in [-0.2, -0.15) is 0 Å². The summed E-state index contributed by atoms with van der Waals surface area (Å²) in [5.74, 6) is -0.239. The van der Waals surface area contributed by atoms with E-state index in [0.717, 1.165) is 43.9 Å². The molecule has 1 aliphatic rings. The second kappa shape index (κ2) is 10.2. The fraction of sp³-hybridized carbons (Fsp3) is 0.222. The molecule has 1 fully saturated rings. The van der Waals surface area contributed by atoms with Crippen molar-refractivity contribution < 1.29 is 9.18 Å². The molecule has 4 heteroatoms. The van der Waals surface area contributed by atoms with Crippen LogP contribution in [0.25, 0.3) is 6.08 Å². The normalized spacial score (nSPS) is 15.1. The first-order chi connectivity index (χ1) is 15.2. The van der Waals surface area contributed by atoms with Gasteiger partial charge in [-0.15, -0.1) is 0 Å². The van der Waals surface area contributed by atoms with Crippen LogP contribution in [0.3, 0.4) is 0 Å². The maximum atomic E-state index is 13.3. The summed E-state index contributed by atoms with van der Waals surface area (Å²) in [5, 5.41) is 0. The quantitative estimate of drug-likeness (QED) is 0.387. The van der Waals surface area contributed by atoms with Crippen molar-refractivity contribution in [2.45, 2.75) is 6.42 Å². The second-order valence-electron chi connectivity index (χ2n) is 7.83. The van der Waals surface area contributed by atoms with E-state index in [9.17, 15) is 9.18 Å². The van der Waals surface area contributed by atoms with Gasteiger partial charge in [0.15, 0.2) is 5.78 Å². The van der Waals surface area contributed by atoms with Gasteiger partial charge in [-0.05, 0) is 42.3 Å². The molecule has 3 aromatic carbocycles. The van der Waals surface area contributed by atoms with Gasteiger partial charge in [0.2, 0.25) is 0 Å². The SMILES string of the molecule is O=C(/C(=C\c1ccc(F)cc1)CCN1CCN(c2ccccc2)CC1)c1ccccc1. The van der Waals surface area contributed by atoms with Crippen molar-refractivity contribution in [3.8, 4) is 0 Å². The number of hydrogen-bond acceptors (Lipinski definition) is 3. The minimum absolute atomic E-state index is 0.0350. The van der Waals surface area contributed by atoms with Crippen LogP contribution in [0.15, 0.2) is 90.5 Å². The summed E-state index contributed by atoms with van der Waals surface area (Å²) >= 11 is 0. The van der Waals surface area contributed by atoms with Crippen molar-refractivity contribution in [2.75, 3.05) is 37.6 Å². The fourth-order valence-electron chi connectivity index (χ4n) is 3.93. The molecule has 4 rings (SSSR count). The first-order valence-corrected chi connectivity index (χ1v) is 10.8. The number of ketones is 1. The highest BCUT2D eigenvalue weighted by atomic mass is 19.1. The van der Waals surface area contributed by atoms with E-state index in [1.165, 1.54) is 17.8 Å². The molecule has 31 heavy (non-hydrogen) atoms. The summed E-state index contributed by atoms with van der Waals surface area (Å²) in [6.07, 6.45) is 2.56. The van der Waals surface area contributed by atoms with E-state index in [0.29, 0.717) is 12.0 Å². The lowest BCUT2D eigenvalue weighted by Gasteiger charge is -2.36. The van der Waals surface area contributed by atoms with Crippen LogP contribution < -0.4 is 4.90 Å². The highest BCUT2D eigenvalue weighted by Crippen LogP contribution is 2.19. The Morgan fingerprint density at radius 3 is 2.06 bits per heavy atom. The van der Waals surface area contributed by atoms with Crippen molar-refractivity contribution in [2.24, 2.45) is 0 Å². The monoisotopic (exact) mass is 414 g/mol. The lowest BCUT2D eigenvalue weighted by molar-refractivity contribution is 0.102. The maximum Gasteiger partial charge on any atom is 0.189 e. The topological polar surface area (TPSA) is 23.6 Å². The Hall–Kier alpha value is -3.24. The molecule has 0 unspecified atom stereocenters. The number of benzene rings is 3. The van der Waals surface area contributed by atoms with Crippen LogP contribution in [0, 0.1) is 5.82 Å². The van der Waals surface area contributed by atoms with E-state index in [-0.39, 0.29) is 11.6 Å². The van der Waals surface area contributed by atoms with E-state index in [1.807, 2.05) is 42.5 Å². The number of piperazine rings is 1. The molecule has 3 aromatic rings. The fourth-order valence-corrected chi connectivity index (χ4v) is 3.93. The number of carbonyl (C=O) groups is 1. The summed E-state index contributed by atoms with van der Waals surface area (Å²) < 4.78 is 13.3. The molecule has 0 atom stereocenters. The number of carbonyl (C=O) groups excluding carboxylic acids is 1. The molecular formula is C27H27FN2O.